The van der Waals surface area contributed by atoms with Crippen molar-refractivity contribution in [2.75, 3.05) is 19.6 Å². The lowest BCUT2D eigenvalue weighted by molar-refractivity contribution is -0.140. The van der Waals surface area contributed by atoms with Crippen LogP contribution in [-0.2, 0) is 22.7 Å². The second-order valence-corrected chi connectivity index (χ2v) is 9.81. The molecule has 0 radical (unpaired) electrons. The molecule has 170 valence electrons. The molecule has 6 nitrogen and oxygen atoms in total. The lowest BCUT2D eigenvalue weighted by Crippen LogP contribution is -2.53. The van der Waals surface area contributed by atoms with Crippen molar-refractivity contribution in [3.05, 3.63) is 34.3 Å². The Bertz CT molecular complexity index is 792. The Morgan fingerprint density at radius 2 is 1.81 bits per heavy atom. The van der Waals surface area contributed by atoms with Gasteiger partial charge in [-0.25, -0.2) is 0 Å². The molecule has 1 aliphatic carbocycles. The number of likely N-dealkylation sites (tertiary alicyclic amines) is 2. The molecule has 1 saturated carbocycles. The third-order valence-electron chi connectivity index (χ3n) is 7.25. The van der Waals surface area contributed by atoms with Crippen LogP contribution in [0.5, 0.6) is 0 Å². The summed E-state index contributed by atoms with van der Waals surface area (Å²) in [6, 6.07) is 5.00. The summed E-state index contributed by atoms with van der Waals surface area (Å²) in [5.74, 6) is 0.114. The van der Waals surface area contributed by atoms with Crippen LogP contribution in [0.1, 0.15) is 62.5 Å². The van der Waals surface area contributed by atoms with E-state index >= 15 is 0 Å². The summed E-state index contributed by atoms with van der Waals surface area (Å²) in [7, 11) is 0. The first-order valence-corrected chi connectivity index (χ1v) is 12.2. The van der Waals surface area contributed by atoms with E-state index in [4.69, 9.17) is 17.3 Å². The largest absolute Gasteiger partial charge is 0.350 e. The monoisotopic (exact) mass is 446 g/mol. The summed E-state index contributed by atoms with van der Waals surface area (Å²) in [6.07, 6.45) is 8.36. The van der Waals surface area contributed by atoms with E-state index in [1.165, 1.54) is 18.4 Å². The first-order valence-electron chi connectivity index (χ1n) is 11.9. The van der Waals surface area contributed by atoms with Gasteiger partial charge in [0.05, 0.1) is 6.04 Å². The highest BCUT2D eigenvalue weighted by Crippen LogP contribution is 2.28. The normalized spacial score (nSPS) is 23.4. The lowest BCUT2D eigenvalue weighted by atomic mass is 9.83. The quantitative estimate of drug-likeness (QED) is 0.674. The maximum atomic E-state index is 13.1. The fourth-order valence-electron chi connectivity index (χ4n) is 5.18. The van der Waals surface area contributed by atoms with Crippen LogP contribution in [0.25, 0.3) is 0 Å². The van der Waals surface area contributed by atoms with Crippen LogP contribution in [0.4, 0.5) is 0 Å². The summed E-state index contributed by atoms with van der Waals surface area (Å²) < 4.78 is 0. The van der Waals surface area contributed by atoms with E-state index in [-0.39, 0.29) is 17.7 Å². The molecule has 4 rings (SSSR count). The van der Waals surface area contributed by atoms with Gasteiger partial charge < -0.3 is 16.0 Å². The first kappa shape index (κ1) is 22.6. The van der Waals surface area contributed by atoms with Gasteiger partial charge in [-0.15, -0.1) is 0 Å². The van der Waals surface area contributed by atoms with Gasteiger partial charge in [0.2, 0.25) is 11.8 Å². The molecule has 0 unspecified atom stereocenters. The van der Waals surface area contributed by atoms with E-state index in [2.05, 4.69) is 16.3 Å². The van der Waals surface area contributed by atoms with Gasteiger partial charge in [-0.2, -0.15) is 0 Å². The molecule has 3 fully saturated rings. The van der Waals surface area contributed by atoms with Gasteiger partial charge >= 0.3 is 0 Å². The van der Waals surface area contributed by atoms with Crippen molar-refractivity contribution >= 4 is 23.4 Å². The number of rotatable bonds is 7. The molecule has 1 aromatic carbocycles. The Balaban J connectivity index is 1.36. The van der Waals surface area contributed by atoms with E-state index in [1.54, 1.807) is 4.90 Å². The minimum absolute atomic E-state index is 0.0502. The summed E-state index contributed by atoms with van der Waals surface area (Å²) in [6.45, 7) is 4.17. The predicted octanol–water partition coefficient (Wildman–Crippen LogP) is 3.06. The topological polar surface area (TPSA) is 78.7 Å². The maximum absolute atomic E-state index is 13.1. The highest BCUT2D eigenvalue weighted by atomic mass is 35.5. The minimum atomic E-state index is -0.482. The van der Waals surface area contributed by atoms with Crippen molar-refractivity contribution in [1.29, 1.82) is 0 Å². The van der Waals surface area contributed by atoms with E-state index < -0.39 is 12.1 Å². The zero-order valence-electron chi connectivity index (χ0n) is 18.3. The van der Waals surface area contributed by atoms with Crippen molar-refractivity contribution in [2.24, 2.45) is 11.7 Å². The van der Waals surface area contributed by atoms with Crippen LogP contribution in [0.3, 0.4) is 0 Å². The van der Waals surface area contributed by atoms with E-state index in [9.17, 15) is 9.59 Å². The molecule has 3 aliphatic rings. The summed E-state index contributed by atoms with van der Waals surface area (Å²) >= 11 is 6.22. The fraction of sp³-hybridized carbons (Fsp3) is 0.667. The zero-order chi connectivity index (χ0) is 21.8. The highest BCUT2D eigenvalue weighted by Gasteiger charge is 2.38. The first-order chi connectivity index (χ1) is 15.0. The minimum Gasteiger partial charge on any atom is -0.350 e. The number of carbonyl (C=O) groups is 2. The summed E-state index contributed by atoms with van der Waals surface area (Å²) in [5.41, 5.74) is 8.60. The van der Waals surface area contributed by atoms with Gasteiger partial charge in [-0.3, -0.25) is 14.5 Å². The van der Waals surface area contributed by atoms with Gasteiger partial charge in [-0.1, -0.05) is 36.9 Å². The number of benzene rings is 1. The fourth-order valence-corrected chi connectivity index (χ4v) is 5.38. The number of amides is 2. The van der Waals surface area contributed by atoms with E-state index in [0.29, 0.717) is 24.5 Å². The maximum Gasteiger partial charge on any atom is 0.243 e. The second kappa shape index (κ2) is 10.3. The molecule has 31 heavy (non-hydrogen) atoms. The standard InChI is InChI=1S/C24H35ClN4O2/c25-20-10-9-18(16-28-11-5-12-28)19(14-20)15-27-23(30)21-8-4-13-29(21)24(31)22(26)17-6-2-1-3-7-17/h9-10,14,17,21-22H,1-8,11-13,15-16,26H2,(H,27,30)/t21-,22+/m0/s1. The van der Waals surface area contributed by atoms with Crippen molar-refractivity contribution in [1.82, 2.24) is 15.1 Å². The molecule has 0 bridgehead atoms. The summed E-state index contributed by atoms with van der Waals surface area (Å²) in [5, 5.41) is 3.74. The summed E-state index contributed by atoms with van der Waals surface area (Å²) in [4.78, 5) is 30.2. The SMILES string of the molecule is N[C@@H](C(=O)N1CCC[C@H]1C(=O)NCc1cc(Cl)ccc1CN1CCC1)C1CCCCC1. The van der Waals surface area contributed by atoms with Crippen LogP contribution in [0.15, 0.2) is 18.2 Å². The van der Waals surface area contributed by atoms with Crippen molar-refractivity contribution in [2.45, 2.75) is 76.5 Å². The van der Waals surface area contributed by atoms with Crippen LogP contribution >= 0.6 is 11.6 Å². The third kappa shape index (κ3) is 5.41. The number of nitrogens with one attached hydrogen (secondary N) is 1. The van der Waals surface area contributed by atoms with Crippen LogP contribution in [0.2, 0.25) is 5.02 Å². The smallest absolute Gasteiger partial charge is 0.243 e. The molecule has 2 amide bonds. The molecule has 3 N–H and O–H groups in total. The molecule has 7 heteroatoms. The van der Waals surface area contributed by atoms with Crippen LogP contribution < -0.4 is 11.1 Å². The number of halogens is 1. The Hall–Kier alpha value is -1.63. The molecule has 2 atom stereocenters. The Kier molecular flexibility index (Phi) is 7.51. The van der Waals surface area contributed by atoms with E-state index in [1.807, 2.05) is 12.1 Å². The average Bonchev–Trinajstić information content (AvgIpc) is 3.25. The van der Waals surface area contributed by atoms with Crippen LogP contribution in [0, 0.1) is 5.92 Å². The molecule has 1 aromatic rings. The Morgan fingerprint density at radius 3 is 2.52 bits per heavy atom. The van der Waals surface area contributed by atoms with Crippen molar-refractivity contribution in [3.63, 3.8) is 0 Å². The number of hydrogen-bond acceptors (Lipinski definition) is 4. The highest BCUT2D eigenvalue weighted by molar-refractivity contribution is 6.30. The predicted molar refractivity (Wildman–Crippen MR) is 122 cm³/mol. The van der Waals surface area contributed by atoms with Gasteiger partial charge in [0, 0.05) is 24.7 Å². The van der Waals surface area contributed by atoms with Gasteiger partial charge in [-0.05, 0) is 74.4 Å². The van der Waals surface area contributed by atoms with E-state index in [0.717, 1.165) is 57.3 Å². The van der Waals surface area contributed by atoms with Crippen LogP contribution in [-0.4, -0.2) is 53.3 Å². The zero-order valence-corrected chi connectivity index (χ0v) is 19.1. The van der Waals surface area contributed by atoms with Gasteiger partial charge in [0.25, 0.3) is 0 Å². The Morgan fingerprint density at radius 1 is 1.03 bits per heavy atom. The molecule has 2 aliphatic heterocycles. The number of carbonyl (C=O) groups excluding carboxylic acids is 2. The average molecular weight is 447 g/mol. The molecule has 2 saturated heterocycles. The third-order valence-corrected chi connectivity index (χ3v) is 7.48. The molecular formula is C24H35ClN4O2. The number of nitrogens with two attached hydrogens (primary N) is 1. The molecule has 0 aromatic heterocycles. The Labute approximate surface area is 190 Å². The van der Waals surface area contributed by atoms with Gasteiger partial charge in [0.1, 0.15) is 6.04 Å². The van der Waals surface area contributed by atoms with Crippen molar-refractivity contribution in [3.8, 4) is 0 Å². The lowest BCUT2D eigenvalue weighted by Gasteiger charge is -2.32. The van der Waals surface area contributed by atoms with Gasteiger partial charge in [0.15, 0.2) is 0 Å². The number of hydrogen-bond donors (Lipinski definition) is 2. The molecule has 2 heterocycles. The molecular weight excluding hydrogens is 412 g/mol. The second-order valence-electron chi connectivity index (χ2n) is 9.37. The molecule has 0 spiro atoms. The number of nitrogens with zero attached hydrogens (tertiary/aromatic N) is 2. The van der Waals surface area contributed by atoms with Crippen molar-refractivity contribution < 1.29 is 9.59 Å².